The maximum absolute atomic E-state index is 11.1. The minimum Gasteiger partial charge on any atom is -0.497 e. The van der Waals surface area contributed by atoms with Gasteiger partial charge >= 0.3 is 0 Å². The van der Waals surface area contributed by atoms with Crippen molar-refractivity contribution < 1.29 is 9.53 Å². The predicted octanol–water partition coefficient (Wildman–Crippen LogP) is 2.45. The van der Waals surface area contributed by atoms with Crippen molar-refractivity contribution in [1.82, 2.24) is 20.4 Å². The van der Waals surface area contributed by atoms with E-state index in [4.69, 9.17) is 4.74 Å². The smallest absolute Gasteiger partial charge is 0.216 e. The van der Waals surface area contributed by atoms with E-state index in [-0.39, 0.29) is 5.91 Å². The molecular formula is C18H26N4O2. The summed E-state index contributed by atoms with van der Waals surface area (Å²) in [6.45, 7) is 4.26. The lowest BCUT2D eigenvalue weighted by Gasteiger charge is -2.35. The third kappa shape index (κ3) is 3.87. The number of aromatic nitrogens is 2. The van der Waals surface area contributed by atoms with Gasteiger partial charge < -0.3 is 10.1 Å². The molecule has 130 valence electrons. The highest BCUT2D eigenvalue weighted by molar-refractivity contribution is 5.82. The molecule has 0 aliphatic carbocycles. The lowest BCUT2D eigenvalue weighted by atomic mass is 9.98. The van der Waals surface area contributed by atoms with Gasteiger partial charge in [-0.1, -0.05) is 6.42 Å². The van der Waals surface area contributed by atoms with Crippen LogP contribution in [0.1, 0.15) is 38.3 Å². The summed E-state index contributed by atoms with van der Waals surface area (Å²) in [6, 6.07) is 6.47. The highest BCUT2D eigenvalue weighted by Gasteiger charge is 2.23. The SMILES string of the molecule is COc1ccc2n[nH]c(CN3CCCC[C@@H]3CCNC(C)=O)c2c1. The second-order valence-electron chi connectivity index (χ2n) is 6.48. The molecule has 1 aliphatic heterocycles. The molecule has 1 amide bonds. The second-order valence-corrected chi connectivity index (χ2v) is 6.48. The molecule has 0 spiro atoms. The Morgan fingerprint density at radius 2 is 2.33 bits per heavy atom. The van der Waals surface area contributed by atoms with Crippen LogP contribution in [-0.2, 0) is 11.3 Å². The van der Waals surface area contributed by atoms with E-state index < -0.39 is 0 Å². The average Bonchev–Trinajstić information content (AvgIpc) is 2.98. The minimum absolute atomic E-state index is 0.0454. The van der Waals surface area contributed by atoms with E-state index in [9.17, 15) is 4.79 Å². The zero-order valence-electron chi connectivity index (χ0n) is 14.5. The van der Waals surface area contributed by atoms with Crippen LogP contribution in [0.5, 0.6) is 5.75 Å². The lowest BCUT2D eigenvalue weighted by Crippen LogP contribution is -2.41. The number of H-pyrrole nitrogens is 1. The highest BCUT2D eigenvalue weighted by atomic mass is 16.5. The van der Waals surface area contributed by atoms with Crippen LogP contribution in [0, 0.1) is 0 Å². The molecule has 1 aromatic carbocycles. The summed E-state index contributed by atoms with van der Waals surface area (Å²) >= 11 is 0. The molecule has 0 unspecified atom stereocenters. The predicted molar refractivity (Wildman–Crippen MR) is 94.0 cm³/mol. The van der Waals surface area contributed by atoms with Gasteiger partial charge in [-0.05, 0) is 44.0 Å². The van der Waals surface area contributed by atoms with Gasteiger partial charge in [-0.2, -0.15) is 5.10 Å². The number of fused-ring (bicyclic) bond motifs is 1. The number of hydrogen-bond donors (Lipinski definition) is 2. The van der Waals surface area contributed by atoms with Crippen molar-refractivity contribution in [2.24, 2.45) is 0 Å². The normalized spacial score (nSPS) is 18.7. The van der Waals surface area contributed by atoms with Gasteiger partial charge in [0, 0.05) is 31.4 Å². The molecule has 1 fully saturated rings. The van der Waals surface area contributed by atoms with Crippen molar-refractivity contribution in [2.75, 3.05) is 20.2 Å². The van der Waals surface area contributed by atoms with Crippen molar-refractivity contribution in [3.05, 3.63) is 23.9 Å². The maximum atomic E-state index is 11.1. The lowest BCUT2D eigenvalue weighted by molar-refractivity contribution is -0.119. The van der Waals surface area contributed by atoms with E-state index in [2.05, 4.69) is 20.4 Å². The van der Waals surface area contributed by atoms with Crippen LogP contribution in [0.25, 0.3) is 10.9 Å². The van der Waals surface area contributed by atoms with Gasteiger partial charge in [0.25, 0.3) is 0 Å². The number of nitrogens with one attached hydrogen (secondary N) is 2. The van der Waals surface area contributed by atoms with E-state index in [1.54, 1.807) is 14.0 Å². The zero-order valence-corrected chi connectivity index (χ0v) is 14.5. The number of rotatable bonds is 6. The fourth-order valence-electron chi connectivity index (χ4n) is 3.50. The highest BCUT2D eigenvalue weighted by Crippen LogP contribution is 2.26. The van der Waals surface area contributed by atoms with Gasteiger partial charge in [-0.3, -0.25) is 14.8 Å². The Hall–Kier alpha value is -2.08. The monoisotopic (exact) mass is 330 g/mol. The first-order valence-corrected chi connectivity index (χ1v) is 8.67. The number of amides is 1. The van der Waals surface area contributed by atoms with Crippen LogP contribution in [0.4, 0.5) is 0 Å². The molecule has 1 atom stereocenters. The van der Waals surface area contributed by atoms with Crippen LogP contribution in [-0.4, -0.2) is 47.2 Å². The Labute approximate surface area is 142 Å². The summed E-state index contributed by atoms with van der Waals surface area (Å²) < 4.78 is 5.34. The van der Waals surface area contributed by atoms with Crippen molar-refractivity contribution in [2.45, 2.75) is 45.2 Å². The third-order valence-corrected chi connectivity index (χ3v) is 4.80. The van der Waals surface area contributed by atoms with Crippen LogP contribution in [0.2, 0.25) is 0 Å². The largest absolute Gasteiger partial charge is 0.497 e. The summed E-state index contributed by atoms with van der Waals surface area (Å²) in [5, 5.41) is 11.6. The molecule has 3 rings (SSSR count). The van der Waals surface area contributed by atoms with Crippen LogP contribution < -0.4 is 10.1 Å². The number of nitrogens with zero attached hydrogens (tertiary/aromatic N) is 2. The van der Waals surface area contributed by atoms with E-state index in [0.29, 0.717) is 6.04 Å². The summed E-state index contributed by atoms with van der Waals surface area (Å²) in [4.78, 5) is 13.6. The fourth-order valence-corrected chi connectivity index (χ4v) is 3.50. The third-order valence-electron chi connectivity index (χ3n) is 4.80. The first-order chi connectivity index (χ1) is 11.7. The molecule has 0 radical (unpaired) electrons. The van der Waals surface area contributed by atoms with E-state index in [0.717, 1.165) is 48.4 Å². The fraction of sp³-hybridized carbons (Fsp3) is 0.556. The standard InChI is InChI=1S/C18H26N4O2/c1-13(23)19-9-8-14-5-3-4-10-22(14)12-18-16-11-15(24-2)6-7-17(16)20-21-18/h6-7,11,14H,3-5,8-10,12H2,1-2H3,(H,19,23)(H,20,21)/t14-/m1/s1. The molecule has 6 heteroatoms. The number of ether oxygens (including phenoxy) is 1. The minimum atomic E-state index is 0.0454. The van der Waals surface area contributed by atoms with E-state index in [1.165, 1.54) is 19.3 Å². The first-order valence-electron chi connectivity index (χ1n) is 8.67. The van der Waals surface area contributed by atoms with Crippen molar-refractivity contribution in [1.29, 1.82) is 0 Å². The Bertz CT molecular complexity index is 697. The van der Waals surface area contributed by atoms with Gasteiger partial charge in [0.1, 0.15) is 5.75 Å². The number of aromatic amines is 1. The number of carbonyl (C=O) groups excluding carboxylic acids is 1. The van der Waals surface area contributed by atoms with Crippen molar-refractivity contribution in [3.8, 4) is 5.75 Å². The van der Waals surface area contributed by atoms with Crippen LogP contribution >= 0.6 is 0 Å². The van der Waals surface area contributed by atoms with E-state index in [1.807, 2.05) is 18.2 Å². The van der Waals surface area contributed by atoms with Gasteiger partial charge in [0.15, 0.2) is 0 Å². The number of piperidine rings is 1. The van der Waals surface area contributed by atoms with E-state index >= 15 is 0 Å². The number of benzene rings is 1. The number of likely N-dealkylation sites (tertiary alicyclic amines) is 1. The zero-order chi connectivity index (χ0) is 16.9. The van der Waals surface area contributed by atoms with Gasteiger partial charge in [-0.15, -0.1) is 0 Å². The molecule has 24 heavy (non-hydrogen) atoms. The molecule has 1 aromatic heterocycles. The summed E-state index contributed by atoms with van der Waals surface area (Å²) in [7, 11) is 1.68. The molecule has 0 saturated carbocycles. The molecular weight excluding hydrogens is 304 g/mol. The molecule has 0 bridgehead atoms. The summed E-state index contributed by atoms with van der Waals surface area (Å²) in [5.74, 6) is 0.898. The van der Waals surface area contributed by atoms with Crippen LogP contribution in [0.3, 0.4) is 0 Å². The topological polar surface area (TPSA) is 70.2 Å². The Balaban J connectivity index is 1.71. The Kier molecular flexibility index (Phi) is 5.35. The average molecular weight is 330 g/mol. The van der Waals surface area contributed by atoms with Crippen molar-refractivity contribution >= 4 is 16.8 Å². The van der Waals surface area contributed by atoms with Gasteiger partial charge in [-0.25, -0.2) is 0 Å². The summed E-state index contributed by atoms with van der Waals surface area (Å²) in [5.41, 5.74) is 2.10. The molecule has 1 saturated heterocycles. The maximum Gasteiger partial charge on any atom is 0.216 e. The quantitative estimate of drug-likeness (QED) is 0.853. The van der Waals surface area contributed by atoms with Crippen LogP contribution in [0.15, 0.2) is 18.2 Å². The molecule has 2 aromatic rings. The van der Waals surface area contributed by atoms with Gasteiger partial charge in [0.05, 0.1) is 18.3 Å². The van der Waals surface area contributed by atoms with Crippen molar-refractivity contribution in [3.63, 3.8) is 0 Å². The number of carbonyl (C=O) groups is 1. The number of methoxy groups -OCH3 is 1. The molecule has 1 aliphatic rings. The summed E-state index contributed by atoms with van der Waals surface area (Å²) in [6.07, 6.45) is 4.68. The second kappa shape index (κ2) is 7.66. The first kappa shape index (κ1) is 16.8. The molecule has 2 N–H and O–H groups in total. The van der Waals surface area contributed by atoms with Gasteiger partial charge in [0.2, 0.25) is 5.91 Å². The molecule has 2 heterocycles. The number of hydrogen-bond acceptors (Lipinski definition) is 4. The Morgan fingerprint density at radius 1 is 1.46 bits per heavy atom. The Morgan fingerprint density at radius 3 is 3.12 bits per heavy atom. The molecule has 6 nitrogen and oxygen atoms in total.